The molecule has 0 saturated heterocycles. The van der Waals surface area contributed by atoms with Crippen molar-refractivity contribution in [2.24, 2.45) is 5.92 Å². The molecule has 36 heavy (non-hydrogen) atoms. The minimum atomic E-state index is -0.505. The van der Waals surface area contributed by atoms with E-state index in [0.717, 1.165) is 11.1 Å². The predicted molar refractivity (Wildman–Crippen MR) is 144 cm³/mol. The van der Waals surface area contributed by atoms with Crippen LogP contribution in [0.1, 0.15) is 35.1 Å². The smallest absolute Gasteiger partial charge is 0.282 e. The number of nitro groups is 2. The first-order chi connectivity index (χ1) is 17.2. The van der Waals surface area contributed by atoms with Gasteiger partial charge in [-0.25, -0.2) is 0 Å². The maximum absolute atomic E-state index is 12.0. The summed E-state index contributed by atoms with van der Waals surface area (Å²) >= 11 is 21.2. The summed E-state index contributed by atoms with van der Waals surface area (Å²) in [6.45, 7) is 1.90. The van der Waals surface area contributed by atoms with E-state index in [4.69, 9.17) is 34.8 Å². The lowest BCUT2D eigenvalue weighted by Gasteiger charge is -2.39. The summed E-state index contributed by atoms with van der Waals surface area (Å²) in [6.07, 6.45) is 0.580. The Hall–Kier alpha value is -2.52. The maximum Gasteiger partial charge on any atom is 0.282 e. The number of alkyl halides is 1. The van der Waals surface area contributed by atoms with Gasteiger partial charge in [-0.1, -0.05) is 47.5 Å². The largest absolute Gasteiger partial charge is 0.377 e. The molecule has 0 aromatic heterocycles. The number of hydrogen-bond donors (Lipinski definition) is 1. The van der Waals surface area contributed by atoms with Crippen LogP contribution in [0.3, 0.4) is 0 Å². The van der Waals surface area contributed by atoms with Crippen molar-refractivity contribution in [2.45, 2.75) is 40.8 Å². The van der Waals surface area contributed by atoms with Crippen LogP contribution in [0.5, 0.6) is 0 Å². The highest BCUT2D eigenvalue weighted by Gasteiger charge is 2.53. The molecule has 7 nitrogen and oxygen atoms in total. The molecule has 0 radical (unpaired) electrons. The van der Waals surface area contributed by atoms with Crippen molar-refractivity contribution in [3.05, 3.63) is 102 Å². The first-order valence-corrected chi connectivity index (χ1v) is 13.3. The SMILES string of the molecule is Cc1ccc([N+](=O)[O-])c2c1N[C@H](c1ccc(Cl)cc1Cl)[C@@H]1C[C@H](Sc3ccccc3[N+](=O)[O-])[C@H](Cl)[C@@H]21. The highest BCUT2D eigenvalue weighted by molar-refractivity contribution is 8.00. The molecule has 1 heterocycles. The molecule has 0 spiro atoms. The van der Waals surface area contributed by atoms with Gasteiger partial charge in [0.2, 0.25) is 0 Å². The summed E-state index contributed by atoms with van der Waals surface area (Å²) in [4.78, 5) is 23.4. The molecule has 1 aliphatic carbocycles. The number of thioether (sulfide) groups is 1. The lowest BCUT2D eigenvalue weighted by atomic mass is 9.76. The molecule has 5 rings (SSSR count). The third kappa shape index (κ3) is 4.30. The fourth-order valence-corrected chi connectivity index (χ4v) is 7.90. The van der Waals surface area contributed by atoms with Crippen LogP contribution in [-0.2, 0) is 0 Å². The molecule has 11 heteroatoms. The van der Waals surface area contributed by atoms with Crippen molar-refractivity contribution in [3.63, 3.8) is 0 Å². The predicted octanol–water partition coefficient (Wildman–Crippen LogP) is 8.16. The van der Waals surface area contributed by atoms with Crippen LogP contribution in [0.4, 0.5) is 17.1 Å². The molecule has 1 saturated carbocycles. The Morgan fingerprint density at radius 3 is 2.42 bits per heavy atom. The Bertz CT molecular complexity index is 1390. The van der Waals surface area contributed by atoms with E-state index < -0.39 is 10.3 Å². The number of nitro benzene ring substituents is 2. The number of rotatable bonds is 5. The second-order valence-corrected chi connectivity index (χ2v) is 11.6. The van der Waals surface area contributed by atoms with Gasteiger partial charge in [-0.15, -0.1) is 23.4 Å². The molecule has 2 aliphatic rings. The quantitative estimate of drug-likeness (QED) is 0.191. The van der Waals surface area contributed by atoms with Crippen LogP contribution in [-0.4, -0.2) is 20.5 Å². The van der Waals surface area contributed by atoms with Crippen molar-refractivity contribution in [1.29, 1.82) is 0 Å². The summed E-state index contributed by atoms with van der Waals surface area (Å²) in [7, 11) is 0. The van der Waals surface area contributed by atoms with Crippen LogP contribution in [0.25, 0.3) is 0 Å². The molecule has 5 atom stereocenters. The van der Waals surface area contributed by atoms with Crippen LogP contribution < -0.4 is 5.32 Å². The van der Waals surface area contributed by atoms with E-state index in [1.807, 2.05) is 13.0 Å². The van der Waals surface area contributed by atoms with Gasteiger partial charge in [-0.2, -0.15) is 0 Å². The normalized spacial score (nSPS) is 24.5. The average Bonchev–Trinajstić information content (AvgIpc) is 3.15. The van der Waals surface area contributed by atoms with Crippen molar-refractivity contribution in [1.82, 2.24) is 0 Å². The number of benzene rings is 3. The highest BCUT2D eigenvalue weighted by Crippen LogP contribution is 2.60. The number of fused-ring (bicyclic) bond motifs is 3. The molecule has 186 valence electrons. The minimum absolute atomic E-state index is 0.0129. The maximum atomic E-state index is 12.0. The summed E-state index contributed by atoms with van der Waals surface area (Å²) in [5, 5.41) is 27.4. The van der Waals surface area contributed by atoms with Crippen molar-refractivity contribution in [3.8, 4) is 0 Å². The topological polar surface area (TPSA) is 98.3 Å². The average molecular weight is 565 g/mol. The number of nitrogens with one attached hydrogen (secondary N) is 1. The molecule has 1 aliphatic heterocycles. The Labute approximate surface area is 226 Å². The third-order valence-corrected chi connectivity index (χ3v) is 9.67. The van der Waals surface area contributed by atoms with E-state index in [9.17, 15) is 20.2 Å². The van der Waals surface area contributed by atoms with Gasteiger partial charge in [-0.3, -0.25) is 20.2 Å². The second-order valence-electron chi connectivity index (χ2n) is 8.99. The Kier molecular flexibility index (Phi) is 6.80. The molecule has 1 fully saturated rings. The standard InChI is InChI=1S/C25H20Cl3N3O4S/c1-12-6-9-18(31(34)35)22-21-15(25(29-24(12)22)14-8-7-13(26)10-16(14)27)11-20(23(21)28)36-19-5-3-2-4-17(19)30(32)33/h2-10,15,20-21,23,25,29H,11H2,1H3/t15-,20+,21-,23+,25-/m1/s1. The van der Waals surface area contributed by atoms with Gasteiger partial charge < -0.3 is 5.32 Å². The highest BCUT2D eigenvalue weighted by atomic mass is 35.5. The van der Waals surface area contributed by atoms with E-state index in [-0.39, 0.29) is 39.4 Å². The van der Waals surface area contributed by atoms with Crippen LogP contribution >= 0.6 is 46.6 Å². The number of para-hydroxylation sites is 1. The fraction of sp³-hybridized carbons (Fsp3) is 0.280. The number of anilines is 1. The van der Waals surface area contributed by atoms with E-state index in [1.165, 1.54) is 23.9 Å². The zero-order valence-corrected chi connectivity index (χ0v) is 21.9. The summed E-state index contributed by atoms with van der Waals surface area (Å²) < 4.78 is 0. The lowest BCUT2D eigenvalue weighted by Crippen LogP contribution is -2.32. The van der Waals surface area contributed by atoms with Crippen molar-refractivity contribution < 1.29 is 9.85 Å². The van der Waals surface area contributed by atoms with Gasteiger partial charge in [0.25, 0.3) is 11.4 Å². The van der Waals surface area contributed by atoms with Gasteiger partial charge in [0.15, 0.2) is 0 Å². The number of halogens is 3. The molecule has 0 unspecified atom stereocenters. The second kappa shape index (κ2) is 9.74. The zero-order chi connectivity index (χ0) is 25.7. The number of nitrogens with zero attached hydrogens (tertiary/aromatic N) is 2. The molecule has 0 bridgehead atoms. The Morgan fingerprint density at radius 2 is 1.72 bits per heavy atom. The lowest BCUT2D eigenvalue weighted by molar-refractivity contribution is -0.387. The van der Waals surface area contributed by atoms with E-state index >= 15 is 0 Å². The monoisotopic (exact) mass is 563 g/mol. The molecule has 1 N–H and O–H groups in total. The van der Waals surface area contributed by atoms with E-state index in [1.54, 1.807) is 36.4 Å². The van der Waals surface area contributed by atoms with Crippen LogP contribution in [0.15, 0.2) is 59.5 Å². The Balaban J connectivity index is 1.63. The van der Waals surface area contributed by atoms with Gasteiger partial charge in [0.05, 0.1) is 31.7 Å². The van der Waals surface area contributed by atoms with E-state index in [2.05, 4.69) is 5.32 Å². The summed E-state index contributed by atoms with van der Waals surface area (Å²) in [5.74, 6) is -0.500. The van der Waals surface area contributed by atoms with E-state index in [0.29, 0.717) is 32.6 Å². The first-order valence-electron chi connectivity index (χ1n) is 11.2. The minimum Gasteiger partial charge on any atom is -0.377 e. The fourth-order valence-electron chi connectivity index (χ4n) is 5.44. The third-order valence-electron chi connectivity index (χ3n) is 6.99. The van der Waals surface area contributed by atoms with Gasteiger partial charge in [0.1, 0.15) is 0 Å². The molecule has 3 aromatic carbocycles. The van der Waals surface area contributed by atoms with Crippen LogP contribution in [0.2, 0.25) is 10.0 Å². The van der Waals surface area contributed by atoms with Gasteiger partial charge in [0, 0.05) is 39.0 Å². The molecule has 3 aromatic rings. The molecular weight excluding hydrogens is 545 g/mol. The van der Waals surface area contributed by atoms with Crippen molar-refractivity contribution >= 4 is 63.6 Å². The Morgan fingerprint density at radius 1 is 1.00 bits per heavy atom. The first kappa shape index (κ1) is 25.1. The molecule has 0 amide bonds. The number of aryl methyl sites for hydroxylation is 1. The zero-order valence-electron chi connectivity index (χ0n) is 18.9. The summed E-state index contributed by atoms with van der Waals surface area (Å²) in [5.41, 5.74) is 2.98. The summed E-state index contributed by atoms with van der Waals surface area (Å²) in [6, 6.07) is 14.8. The molecular formula is C25H20Cl3N3O4S. The van der Waals surface area contributed by atoms with Crippen LogP contribution in [0, 0.1) is 33.1 Å². The number of hydrogen-bond acceptors (Lipinski definition) is 6. The van der Waals surface area contributed by atoms with Gasteiger partial charge in [-0.05, 0) is 48.6 Å². The van der Waals surface area contributed by atoms with Crippen molar-refractivity contribution in [2.75, 3.05) is 5.32 Å². The van der Waals surface area contributed by atoms with Gasteiger partial charge >= 0.3 is 0 Å².